The van der Waals surface area contributed by atoms with Gasteiger partial charge in [0, 0.05) is 29.3 Å². The minimum atomic E-state index is -0.407. The van der Waals surface area contributed by atoms with Crippen LogP contribution in [0.2, 0.25) is 0 Å². The Morgan fingerprint density at radius 2 is 1.79 bits per heavy atom. The third kappa shape index (κ3) is 3.81. The van der Waals surface area contributed by atoms with Gasteiger partial charge in [-0.1, -0.05) is 30.3 Å². The number of ketones is 1. The molecule has 1 amide bonds. The molecule has 0 atom stereocenters. The van der Waals surface area contributed by atoms with E-state index in [2.05, 4.69) is 15.4 Å². The van der Waals surface area contributed by atoms with Crippen LogP contribution in [0.25, 0.3) is 16.2 Å². The van der Waals surface area contributed by atoms with Gasteiger partial charge in [-0.15, -0.1) is 16.4 Å². The normalized spacial score (nSPS) is 10.9. The van der Waals surface area contributed by atoms with Crippen molar-refractivity contribution in [3.63, 3.8) is 0 Å². The Balaban J connectivity index is 1.41. The van der Waals surface area contributed by atoms with E-state index in [4.69, 9.17) is 0 Å². The highest BCUT2D eigenvalue weighted by atomic mass is 32.1. The second-order valence-corrected chi connectivity index (χ2v) is 6.93. The third-order valence-corrected chi connectivity index (χ3v) is 4.96. The summed E-state index contributed by atoms with van der Waals surface area (Å²) in [5.74, 6) is -0.784. The quantitative estimate of drug-likeness (QED) is 0.497. The van der Waals surface area contributed by atoms with Gasteiger partial charge in [0.15, 0.2) is 5.78 Å². The molecule has 2 aromatic carbocycles. The molecule has 0 aliphatic heterocycles. The second kappa shape index (κ2) is 7.69. The number of aromatic nitrogens is 3. The molecule has 28 heavy (non-hydrogen) atoms. The molecule has 0 aliphatic carbocycles. The molecule has 4 aromatic rings. The first-order chi connectivity index (χ1) is 13.6. The number of Topliss-reactive ketones (excluding diaryl/α,β-unsaturated/α-hetero) is 1. The molecule has 0 saturated heterocycles. The van der Waals surface area contributed by atoms with Crippen molar-refractivity contribution < 1.29 is 14.0 Å². The number of fused-ring (bicyclic) bond motifs is 1. The zero-order valence-electron chi connectivity index (χ0n) is 14.6. The molecule has 0 aliphatic rings. The SMILES string of the molecule is O=C(CCC(=O)c1ccc(F)cc1)Nc1nc2scc(-c3ccccc3)n2n1. The van der Waals surface area contributed by atoms with Crippen molar-refractivity contribution in [2.24, 2.45) is 0 Å². The number of carbonyl (C=O) groups is 2. The van der Waals surface area contributed by atoms with Crippen molar-refractivity contribution in [2.45, 2.75) is 12.8 Å². The van der Waals surface area contributed by atoms with Crippen molar-refractivity contribution in [1.29, 1.82) is 0 Å². The average molecular weight is 394 g/mol. The molecule has 2 heterocycles. The molecule has 140 valence electrons. The van der Waals surface area contributed by atoms with E-state index in [9.17, 15) is 14.0 Å². The minimum absolute atomic E-state index is 0.00535. The van der Waals surface area contributed by atoms with Crippen LogP contribution in [0.4, 0.5) is 10.3 Å². The van der Waals surface area contributed by atoms with E-state index >= 15 is 0 Å². The molecule has 0 fully saturated rings. The Kier molecular flexibility index (Phi) is 4.94. The van der Waals surface area contributed by atoms with E-state index < -0.39 is 5.82 Å². The summed E-state index contributed by atoms with van der Waals surface area (Å²) in [7, 11) is 0. The zero-order chi connectivity index (χ0) is 19.5. The van der Waals surface area contributed by atoms with E-state index in [1.54, 1.807) is 4.52 Å². The van der Waals surface area contributed by atoms with Crippen LogP contribution in [0.1, 0.15) is 23.2 Å². The molecule has 6 nitrogen and oxygen atoms in total. The fraction of sp³-hybridized carbons (Fsp3) is 0.100. The molecule has 0 saturated carbocycles. The van der Waals surface area contributed by atoms with Gasteiger partial charge in [0.25, 0.3) is 0 Å². The number of thiazole rings is 1. The van der Waals surface area contributed by atoms with Gasteiger partial charge >= 0.3 is 0 Å². The van der Waals surface area contributed by atoms with Gasteiger partial charge in [0.2, 0.25) is 16.8 Å². The van der Waals surface area contributed by atoms with Crippen molar-refractivity contribution in [2.75, 3.05) is 5.32 Å². The molecule has 0 radical (unpaired) electrons. The topological polar surface area (TPSA) is 76.4 Å². The molecular formula is C20H15FN4O2S. The number of rotatable bonds is 6. The summed E-state index contributed by atoms with van der Waals surface area (Å²) >= 11 is 1.43. The molecule has 0 bridgehead atoms. The Bertz CT molecular complexity index is 1140. The Morgan fingerprint density at radius 1 is 1.04 bits per heavy atom. The van der Waals surface area contributed by atoms with Gasteiger partial charge in [-0.2, -0.15) is 4.98 Å². The zero-order valence-corrected chi connectivity index (χ0v) is 15.4. The summed E-state index contributed by atoms with van der Waals surface area (Å²) < 4.78 is 14.6. The summed E-state index contributed by atoms with van der Waals surface area (Å²) in [6.07, 6.45) is 0.0174. The Morgan fingerprint density at radius 3 is 2.54 bits per heavy atom. The molecule has 1 N–H and O–H groups in total. The largest absolute Gasteiger partial charge is 0.294 e. The van der Waals surface area contributed by atoms with E-state index in [1.165, 1.54) is 35.6 Å². The number of nitrogens with one attached hydrogen (secondary N) is 1. The molecule has 0 unspecified atom stereocenters. The van der Waals surface area contributed by atoms with Crippen LogP contribution in [-0.2, 0) is 4.79 Å². The van der Waals surface area contributed by atoms with Crippen LogP contribution in [-0.4, -0.2) is 26.3 Å². The fourth-order valence-electron chi connectivity index (χ4n) is 2.74. The van der Waals surface area contributed by atoms with Gasteiger partial charge in [0.05, 0.1) is 5.69 Å². The summed E-state index contributed by atoms with van der Waals surface area (Å²) in [5, 5.41) is 8.92. The number of hydrogen-bond acceptors (Lipinski definition) is 5. The number of nitrogens with zero attached hydrogens (tertiary/aromatic N) is 3. The van der Waals surface area contributed by atoms with Crippen LogP contribution in [0.3, 0.4) is 0 Å². The predicted octanol–water partition coefficient (Wildman–Crippen LogP) is 4.20. The first-order valence-corrected chi connectivity index (χ1v) is 9.46. The van der Waals surface area contributed by atoms with Crippen LogP contribution in [0.15, 0.2) is 60.0 Å². The summed E-state index contributed by atoms with van der Waals surface area (Å²) in [6.45, 7) is 0. The standard InChI is InChI=1S/C20H15FN4O2S/c21-15-8-6-14(7-9-15)17(26)10-11-18(27)22-19-23-20-25(24-19)16(12-28-20)13-4-2-1-3-5-13/h1-9,12H,10-11H2,(H,22,24,27). The van der Waals surface area contributed by atoms with Gasteiger partial charge in [-0.25, -0.2) is 8.91 Å². The van der Waals surface area contributed by atoms with Crippen LogP contribution in [0, 0.1) is 5.82 Å². The number of carbonyl (C=O) groups excluding carboxylic acids is 2. The van der Waals surface area contributed by atoms with E-state index in [0.29, 0.717) is 10.5 Å². The number of hydrogen-bond donors (Lipinski definition) is 1. The number of halogens is 1. The van der Waals surface area contributed by atoms with E-state index in [0.717, 1.165) is 11.3 Å². The first-order valence-electron chi connectivity index (χ1n) is 8.58. The molecule has 8 heteroatoms. The first kappa shape index (κ1) is 18.0. The maximum Gasteiger partial charge on any atom is 0.250 e. The molecule has 4 rings (SSSR count). The lowest BCUT2D eigenvalue weighted by atomic mass is 10.1. The summed E-state index contributed by atoms with van der Waals surface area (Å²) in [6, 6.07) is 15.0. The van der Waals surface area contributed by atoms with E-state index in [-0.39, 0.29) is 30.5 Å². The van der Waals surface area contributed by atoms with Crippen molar-refractivity contribution >= 4 is 33.9 Å². The van der Waals surface area contributed by atoms with Gasteiger partial charge in [-0.05, 0) is 24.3 Å². The Hall–Kier alpha value is -3.39. The maximum absolute atomic E-state index is 12.9. The van der Waals surface area contributed by atoms with Gasteiger partial charge < -0.3 is 0 Å². The number of benzene rings is 2. The van der Waals surface area contributed by atoms with Gasteiger partial charge in [0.1, 0.15) is 5.82 Å². The minimum Gasteiger partial charge on any atom is -0.294 e. The fourth-order valence-corrected chi connectivity index (χ4v) is 3.57. The summed E-state index contributed by atoms with van der Waals surface area (Å²) in [4.78, 5) is 29.2. The lowest BCUT2D eigenvalue weighted by Gasteiger charge is -2.02. The number of anilines is 1. The maximum atomic E-state index is 12.9. The van der Waals surface area contributed by atoms with Gasteiger partial charge in [-0.3, -0.25) is 14.9 Å². The van der Waals surface area contributed by atoms with Crippen LogP contribution in [0.5, 0.6) is 0 Å². The van der Waals surface area contributed by atoms with Crippen molar-refractivity contribution in [1.82, 2.24) is 14.6 Å². The molecule has 0 spiro atoms. The molecular weight excluding hydrogens is 379 g/mol. The van der Waals surface area contributed by atoms with Crippen LogP contribution >= 0.6 is 11.3 Å². The highest BCUT2D eigenvalue weighted by Crippen LogP contribution is 2.25. The average Bonchev–Trinajstić information content (AvgIpc) is 3.27. The van der Waals surface area contributed by atoms with Crippen molar-refractivity contribution in [3.05, 3.63) is 71.4 Å². The number of amides is 1. The van der Waals surface area contributed by atoms with Crippen molar-refractivity contribution in [3.8, 4) is 11.3 Å². The molecule has 2 aromatic heterocycles. The lowest BCUT2D eigenvalue weighted by Crippen LogP contribution is -2.14. The summed E-state index contributed by atoms with van der Waals surface area (Å²) in [5.41, 5.74) is 2.27. The Labute approximate surface area is 163 Å². The van der Waals surface area contributed by atoms with E-state index in [1.807, 2.05) is 35.7 Å². The smallest absolute Gasteiger partial charge is 0.250 e. The highest BCUT2D eigenvalue weighted by Gasteiger charge is 2.14. The monoisotopic (exact) mass is 394 g/mol. The predicted molar refractivity (Wildman–Crippen MR) is 105 cm³/mol. The highest BCUT2D eigenvalue weighted by molar-refractivity contribution is 7.15. The second-order valence-electron chi connectivity index (χ2n) is 6.10. The van der Waals surface area contributed by atoms with Crippen LogP contribution < -0.4 is 5.32 Å². The third-order valence-electron chi connectivity index (χ3n) is 4.15. The lowest BCUT2D eigenvalue weighted by molar-refractivity contribution is -0.116.